The van der Waals surface area contributed by atoms with Gasteiger partial charge in [-0.15, -0.1) is 0 Å². The van der Waals surface area contributed by atoms with Crippen LogP contribution in [0, 0.1) is 34.5 Å². The van der Waals surface area contributed by atoms with Crippen LogP contribution in [0.3, 0.4) is 0 Å². The third-order valence-corrected chi connectivity index (χ3v) is 10.3. The Hall–Kier alpha value is -4.78. The Kier molecular flexibility index (Phi) is 7.27. The predicted octanol–water partition coefficient (Wildman–Crippen LogP) is 5.58. The molecule has 10 heteroatoms. The minimum atomic E-state index is -0.564. The lowest BCUT2D eigenvalue weighted by Crippen LogP contribution is -2.51. The minimum Gasteiger partial charge on any atom is -0.454 e. The number of nitrogens with zero attached hydrogens (tertiary/aromatic N) is 2. The van der Waals surface area contributed by atoms with Gasteiger partial charge in [-0.05, 0) is 92.3 Å². The fraction of sp³-hybridized carbons (Fsp3) is 0.429. The summed E-state index contributed by atoms with van der Waals surface area (Å²) < 4.78 is 28.0. The van der Waals surface area contributed by atoms with Crippen molar-refractivity contribution < 1.29 is 38.1 Å². The van der Waals surface area contributed by atoms with E-state index in [2.05, 4.69) is 19.9 Å². The van der Waals surface area contributed by atoms with E-state index in [1.807, 2.05) is 6.08 Å². The average Bonchev–Trinajstić information content (AvgIpc) is 3.68. The first-order chi connectivity index (χ1) is 21.8. The molecular formula is C35H34N2O8. The van der Waals surface area contributed by atoms with Gasteiger partial charge in [0, 0.05) is 30.5 Å². The Morgan fingerprint density at radius 1 is 1.02 bits per heavy atom. The van der Waals surface area contributed by atoms with Crippen LogP contribution in [-0.4, -0.2) is 48.9 Å². The van der Waals surface area contributed by atoms with Gasteiger partial charge in [-0.25, -0.2) is 4.79 Å². The highest BCUT2D eigenvalue weighted by atomic mass is 16.7. The number of esters is 1. The van der Waals surface area contributed by atoms with Crippen molar-refractivity contribution in [1.82, 2.24) is 4.90 Å². The molecule has 1 fully saturated rings. The van der Waals surface area contributed by atoms with E-state index in [0.717, 1.165) is 17.6 Å². The molecule has 2 aromatic carbocycles. The van der Waals surface area contributed by atoms with Crippen LogP contribution < -0.4 is 18.9 Å². The maximum absolute atomic E-state index is 13.7. The molecule has 0 bridgehead atoms. The summed E-state index contributed by atoms with van der Waals surface area (Å²) in [6.07, 6.45) is 6.22. The third-order valence-electron chi connectivity index (χ3n) is 10.3. The van der Waals surface area contributed by atoms with Crippen molar-refractivity contribution in [2.45, 2.75) is 52.1 Å². The van der Waals surface area contributed by atoms with Gasteiger partial charge in [-0.1, -0.05) is 18.1 Å². The van der Waals surface area contributed by atoms with Crippen molar-refractivity contribution in [3.05, 3.63) is 70.8 Å². The molecule has 0 unspecified atom stereocenters. The summed E-state index contributed by atoms with van der Waals surface area (Å²) in [6.45, 7) is 4.59. The van der Waals surface area contributed by atoms with E-state index in [4.69, 9.17) is 23.7 Å². The van der Waals surface area contributed by atoms with E-state index in [0.29, 0.717) is 59.8 Å². The van der Waals surface area contributed by atoms with E-state index >= 15 is 0 Å². The van der Waals surface area contributed by atoms with Crippen LogP contribution in [0.1, 0.15) is 66.7 Å². The summed E-state index contributed by atoms with van der Waals surface area (Å²) in [5.41, 5.74) is 2.25. The Morgan fingerprint density at radius 2 is 1.69 bits per heavy atom. The molecule has 5 atom stereocenters. The monoisotopic (exact) mass is 610 g/mol. The molecule has 232 valence electrons. The highest BCUT2D eigenvalue weighted by Gasteiger charge is 2.54. The number of fused-ring (bicyclic) bond motifs is 5. The van der Waals surface area contributed by atoms with E-state index in [-0.39, 0.29) is 43.8 Å². The second-order valence-corrected chi connectivity index (χ2v) is 12.6. The van der Waals surface area contributed by atoms with Gasteiger partial charge < -0.3 is 23.7 Å². The van der Waals surface area contributed by atoms with Crippen molar-refractivity contribution in [1.29, 1.82) is 5.26 Å². The zero-order valence-corrected chi connectivity index (χ0v) is 25.2. The highest BCUT2D eigenvalue weighted by molar-refractivity contribution is 6.08. The Morgan fingerprint density at radius 3 is 2.40 bits per heavy atom. The molecule has 7 rings (SSSR count). The zero-order chi connectivity index (χ0) is 31.3. The Balaban J connectivity index is 1.20. The van der Waals surface area contributed by atoms with Crippen molar-refractivity contribution in [2.24, 2.45) is 23.2 Å². The lowest BCUT2D eigenvalue weighted by atomic mass is 9.51. The molecule has 3 aliphatic heterocycles. The van der Waals surface area contributed by atoms with Crippen LogP contribution in [0.2, 0.25) is 0 Å². The number of allylic oxidation sites excluding steroid dienone is 2. The van der Waals surface area contributed by atoms with Crippen LogP contribution in [0.5, 0.6) is 23.0 Å². The summed E-state index contributed by atoms with van der Waals surface area (Å²) >= 11 is 0. The molecular weight excluding hydrogens is 576 g/mol. The number of hydrogen-bond acceptors (Lipinski definition) is 9. The first kappa shape index (κ1) is 29.0. The van der Waals surface area contributed by atoms with Gasteiger partial charge in [-0.3, -0.25) is 14.5 Å². The van der Waals surface area contributed by atoms with Crippen molar-refractivity contribution >= 4 is 17.8 Å². The fourth-order valence-corrected chi connectivity index (χ4v) is 7.97. The minimum absolute atomic E-state index is 0.0896. The molecule has 10 nitrogen and oxygen atoms in total. The molecule has 3 heterocycles. The second-order valence-electron chi connectivity index (χ2n) is 12.6. The number of hydrogen-bond donors (Lipinski definition) is 0. The molecule has 0 spiro atoms. The van der Waals surface area contributed by atoms with Gasteiger partial charge >= 0.3 is 5.97 Å². The topological polar surface area (TPSA) is 124 Å². The predicted molar refractivity (Wildman–Crippen MR) is 159 cm³/mol. The first-order valence-corrected chi connectivity index (χ1v) is 15.4. The first-order valence-electron chi connectivity index (χ1n) is 15.4. The number of benzene rings is 2. The van der Waals surface area contributed by atoms with Crippen LogP contribution in [0.15, 0.2) is 59.7 Å². The SMILES string of the molecule is CC1=C[C@@H](OC(=O)c2ccc3c(c2)OCO3)[C@H]2[C@@H](CCC3=CC(=O)N(C(=O)c4ccc5c(c4)OCO5)CC[C@@]32C)[C@@H]1CCC#N. The van der Waals surface area contributed by atoms with Gasteiger partial charge in [0.15, 0.2) is 23.0 Å². The van der Waals surface area contributed by atoms with Crippen molar-refractivity contribution in [3.63, 3.8) is 0 Å². The smallest absolute Gasteiger partial charge is 0.338 e. The van der Waals surface area contributed by atoms with Gasteiger partial charge in [0.1, 0.15) is 6.10 Å². The quantitative estimate of drug-likeness (QED) is 0.242. The molecule has 0 N–H and O–H groups in total. The van der Waals surface area contributed by atoms with E-state index < -0.39 is 23.4 Å². The van der Waals surface area contributed by atoms with Crippen LogP contribution in [0.4, 0.5) is 0 Å². The zero-order valence-electron chi connectivity index (χ0n) is 25.2. The van der Waals surface area contributed by atoms with Crippen LogP contribution in [-0.2, 0) is 9.53 Å². The maximum Gasteiger partial charge on any atom is 0.338 e. The van der Waals surface area contributed by atoms with E-state index in [1.165, 1.54) is 4.90 Å². The molecule has 5 aliphatic rings. The number of ether oxygens (including phenoxy) is 5. The maximum atomic E-state index is 13.7. The summed E-state index contributed by atoms with van der Waals surface area (Å²) in [6, 6.07) is 12.2. The Bertz CT molecular complexity index is 1690. The number of carbonyl (C=O) groups excluding carboxylic acids is 3. The van der Waals surface area contributed by atoms with Gasteiger partial charge in [0.2, 0.25) is 13.6 Å². The fourth-order valence-electron chi connectivity index (χ4n) is 7.97. The molecule has 0 radical (unpaired) electrons. The second kappa shape index (κ2) is 11.3. The number of rotatable bonds is 5. The normalized spacial score (nSPS) is 27.8. The largest absolute Gasteiger partial charge is 0.454 e. The molecule has 45 heavy (non-hydrogen) atoms. The highest BCUT2D eigenvalue weighted by Crippen LogP contribution is 2.58. The van der Waals surface area contributed by atoms with Crippen LogP contribution >= 0.6 is 0 Å². The molecule has 2 aliphatic carbocycles. The lowest BCUT2D eigenvalue weighted by Gasteiger charge is -2.54. The number of amides is 2. The molecule has 0 saturated heterocycles. The standard InChI is InChI=1S/C35H34N2O8/c1-20-14-30(45-34(40)22-6-10-27-29(16-22)44-19-42-27)32-25(24(20)4-3-12-36)8-7-23-17-31(38)37(13-11-35(23,32)2)33(39)21-5-9-26-28(15-21)43-18-41-26/h5-6,9-10,14-17,24-25,30,32H,3-4,7-8,11,13,18-19H2,1-2H3/t24-,25+,30-,32-,35+/m1/s1. The number of imide groups is 1. The van der Waals surface area contributed by atoms with E-state index in [1.54, 1.807) is 42.5 Å². The number of nitriles is 1. The molecule has 2 amide bonds. The molecule has 0 aromatic heterocycles. The van der Waals surface area contributed by atoms with Gasteiger partial charge in [0.25, 0.3) is 11.8 Å². The summed E-state index contributed by atoms with van der Waals surface area (Å²) in [7, 11) is 0. The van der Waals surface area contributed by atoms with Crippen molar-refractivity contribution in [2.75, 3.05) is 20.1 Å². The molecule has 1 saturated carbocycles. The van der Waals surface area contributed by atoms with Gasteiger partial charge in [0.05, 0.1) is 11.6 Å². The number of carbonyl (C=O) groups is 3. The Labute approximate surface area is 261 Å². The van der Waals surface area contributed by atoms with Crippen molar-refractivity contribution in [3.8, 4) is 29.1 Å². The molecule has 2 aromatic rings. The average molecular weight is 611 g/mol. The van der Waals surface area contributed by atoms with E-state index in [9.17, 15) is 19.6 Å². The summed E-state index contributed by atoms with van der Waals surface area (Å²) in [4.78, 5) is 42.2. The van der Waals surface area contributed by atoms with Crippen LogP contribution in [0.25, 0.3) is 0 Å². The third kappa shape index (κ3) is 5.00. The lowest BCUT2D eigenvalue weighted by molar-refractivity contribution is -0.123. The summed E-state index contributed by atoms with van der Waals surface area (Å²) in [5.74, 6) is 1.02. The van der Waals surface area contributed by atoms with Gasteiger partial charge in [-0.2, -0.15) is 5.26 Å². The summed E-state index contributed by atoms with van der Waals surface area (Å²) in [5, 5.41) is 9.42.